The van der Waals surface area contributed by atoms with Crippen molar-refractivity contribution in [2.24, 2.45) is 0 Å². The molecule has 1 aliphatic carbocycles. The normalized spacial score (nSPS) is 18.7. The smallest absolute Gasteiger partial charge is 0.407 e. The summed E-state index contributed by atoms with van der Waals surface area (Å²) in [5, 5.41) is 2.55. The Morgan fingerprint density at radius 3 is 2.78 bits per heavy atom. The molecule has 4 heteroatoms. The van der Waals surface area contributed by atoms with Gasteiger partial charge in [-0.05, 0) is 25.7 Å². The molecule has 0 spiro atoms. The number of hydrogen-bond acceptors (Lipinski definition) is 3. The summed E-state index contributed by atoms with van der Waals surface area (Å²) in [5.41, 5.74) is 0. The zero-order valence-electron chi connectivity index (χ0n) is 11.1. The van der Waals surface area contributed by atoms with Crippen LogP contribution in [0, 0.1) is 0 Å². The summed E-state index contributed by atoms with van der Waals surface area (Å²) in [7, 11) is 0. The molecule has 1 fully saturated rings. The van der Waals surface area contributed by atoms with Crippen molar-refractivity contribution in [3.8, 4) is 0 Å². The number of rotatable bonds is 8. The number of unbranched alkanes of at least 4 members (excludes halogenated alkanes) is 3. The van der Waals surface area contributed by atoms with E-state index in [0.717, 1.165) is 19.3 Å². The highest BCUT2D eigenvalue weighted by Gasteiger charge is 2.29. The number of Topliss-reactive ketones (excluding diaryl/α,β-unsaturated/α-hetero) is 1. The van der Waals surface area contributed by atoms with Crippen LogP contribution in [-0.2, 0) is 9.53 Å². The molecule has 0 aliphatic heterocycles. The first-order valence-corrected chi connectivity index (χ1v) is 6.85. The fraction of sp³-hybridized carbons (Fsp3) is 0.714. The number of amides is 1. The van der Waals surface area contributed by atoms with E-state index in [-0.39, 0.29) is 11.8 Å². The molecule has 0 bridgehead atoms. The lowest BCUT2D eigenvalue weighted by Gasteiger charge is -2.24. The van der Waals surface area contributed by atoms with Crippen molar-refractivity contribution in [3.05, 3.63) is 12.2 Å². The van der Waals surface area contributed by atoms with Crippen molar-refractivity contribution in [1.29, 1.82) is 0 Å². The van der Waals surface area contributed by atoms with E-state index < -0.39 is 6.09 Å². The predicted octanol–water partition coefficient (Wildman–Crippen LogP) is 2.97. The quantitative estimate of drug-likeness (QED) is 0.534. The Morgan fingerprint density at radius 2 is 2.17 bits per heavy atom. The number of hydrogen-bond donors (Lipinski definition) is 1. The molecule has 1 amide bonds. The van der Waals surface area contributed by atoms with Crippen LogP contribution in [0.25, 0.3) is 0 Å². The van der Waals surface area contributed by atoms with Crippen molar-refractivity contribution in [3.63, 3.8) is 0 Å². The third-order valence-electron chi connectivity index (χ3n) is 3.02. The SMILES string of the molecule is CCCCC/C=C/CCOC(=O)N[C@H]1CCC1=O. The third-order valence-corrected chi connectivity index (χ3v) is 3.02. The largest absolute Gasteiger partial charge is 0.449 e. The lowest BCUT2D eigenvalue weighted by Crippen LogP contribution is -2.47. The molecule has 18 heavy (non-hydrogen) atoms. The van der Waals surface area contributed by atoms with Crippen LogP contribution >= 0.6 is 0 Å². The summed E-state index contributed by atoms with van der Waals surface area (Å²) < 4.78 is 4.97. The molecule has 0 radical (unpaired) electrons. The number of carbonyl (C=O) groups excluding carboxylic acids is 2. The predicted molar refractivity (Wildman–Crippen MR) is 70.4 cm³/mol. The van der Waals surface area contributed by atoms with E-state index in [1.165, 1.54) is 19.3 Å². The molecule has 0 unspecified atom stereocenters. The lowest BCUT2D eigenvalue weighted by molar-refractivity contribution is -0.126. The van der Waals surface area contributed by atoms with Gasteiger partial charge in [0, 0.05) is 6.42 Å². The molecule has 1 atom stereocenters. The molecule has 0 saturated heterocycles. The highest BCUT2D eigenvalue weighted by molar-refractivity contribution is 5.92. The molecule has 1 rings (SSSR count). The number of alkyl carbamates (subject to hydrolysis) is 1. The topological polar surface area (TPSA) is 55.4 Å². The first-order chi connectivity index (χ1) is 8.74. The number of allylic oxidation sites excluding steroid dienone is 1. The van der Waals surface area contributed by atoms with Gasteiger partial charge in [0.15, 0.2) is 5.78 Å². The number of nitrogens with one attached hydrogen (secondary N) is 1. The average molecular weight is 253 g/mol. The second-order valence-corrected chi connectivity index (χ2v) is 4.59. The second-order valence-electron chi connectivity index (χ2n) is 4.59. The van der Waals surface area contributed by atoms with E-state index in [9.17, 15) is 9.59 Å². The summed E-state index contributed by atoms with van der Waals surface area (Å²) in [6.07, 6.45) is 10.6. The van der Waals surface area contributed by atoms with E-state index in [4.69, 9.17) is 4.74 Å². The van der Waals surface area contributed by atoms with Crippen molar-refractivity contribution in [2.75, 3.05) is 6.61 Å². The third kappa shape index (κ3) is 5.84. The maximum atomic E-state index is 11.3. The Morgan fingerprint density at radius 1 is 1.39 bits per heavy atom. The van der Waals surface area contributed by atoms with Crippen molar-refractivity contribution in [1.82, 2.24) is 5.32 Å². The van der Waals surface area contributed by atoms with Crippen LogP contribution in [0.1, 0.15) is 51.9 Å². The minimum Gasteiger partial charge on any atom is -0.449 e. The molecule has 1 N–H and O–H groups in total. The highest BCUT2D eigenvalue weighted by Crippen LogP contribution is 2.13. The summed E-state index contributed by atoms with van der Waals surface area (Å²) in [6, 6.07) is -0.304. The summed E-state index contributed by atoms with van der Waals surface area (Å²) >= 11 is 0. The van der Waals surface area contributed by atoms with Crippen molar-refractivity contribution < 1.29 is 14.3 Å². The number of ketones is 1. The summed E-state index contributed by atoms with van der Waals surface area (Å²) in [6.45, 7) is 2.56. The van der Waals surface area contributed by atoms with Crippen LogP contribution in [-0.4, -0.2) is 24.5 Å². The molecule has 1 saturated carbocycles. The second kappa shape index (κ2) is 8.72. The molecular weight excluding hydrogens is 230 g/mol. The molecule has 0 aromatic heterocycles. The minimum atomic E-state index is -0.479. The van der Waals surface area contributed by atoms with Crippen LogP contribution < -0.4 is 5.32 Å². The Balaban J connectivity index is 1.93. The minimum absolute atomic E-state index is 0.0998. The Kier molecular flexibility index (Phi) is 7.14. The first-order valence-electron chi connectivity index (χ1n) is 6.85. The van der Waals surface area contributed by atoms with Gasteiger partial charge in [-0.1, -0.05) is 31.9 Å². The molecule has 1 aliphatic rings. The van der Waals surface area contributed by atoms with Gasteiger partial charge < -0.3 is 10.1 Å². The molecule has 4 nitrogen and oxygen atoms in total. The maximum absolute atomic E-state index is 11.3. The lowest BCUT2D eigenvalue weighted by atomic mass is 9.91. The van der Waals surface area contributed by atoms with Gasteiger partial charge in [0.25, 0.3) is 0 Å². The molecule has 0 heterocycles. The van der Waals surface area contributed by atoms with E-state index in [2.05, 4.69) is 18.3 Å². The van der Waals surface area contributed by atoms with Crippen LogP contribution in [0.15, 0.2) is 12.2 Å². The van der Waals surface area contributed by atoms with Gasteiger partial charge >= 0.3 is 6.09 Å². The average Bonchev–Trinajstić information content (AvgIpc) is 2.37. The number of carbonyl (C=O) groups is 2. The zero-order valence-corrected chi connectivity index (χ0v) is 11.1. The maximum Gasteiger partial charge on any atom is 0.407 e. The van der Waals surface area contributed by atoms with Gasteiger partial charge in [0.2, 0.25) is 0 Å². The van der Waals surface area contributed by atoms with Gasteiger partial charge in [-0.3, -0.25) is 4.79 Å². The molecule has 102 valence electrons. The van der Waals surface area contributed by atoms with Gasteiger partial charge in [0.1, 0.15) is 0 Å². The Bertz CT molecular complexity index is 299. The highest BCUT2D eigenvalue weighted by atomic mass is 16.5. The molecule has 0 aromatic rings. The van der Waals surface area contributed by atoms with Gasteiger partial charge in [0.05, 0.1) is 12.6 Å². The van der Waals surface area contributed by atoms with Gasteiger partial charge in [-0.25, -0.2) is 4.79 Å². The van der Waals surface area contributed by atoms with E-state index in [1.807, 2.05) is 6.08 Å². The van der Waals surface area contributed by atoms with Crippen molar-refractivity contribution >= 4 is 11.9 Å². The zero-order chi connectivity index (χ0) is 13.2. The van der Waals surface area contributed by atoms with E-state index >= 15 is 0 Å². The standard InChI is InChI=1S/C14H23NO3/c1-2-3-4-5-6-7-8-11-18-14(17)15-12-9-10-13(12)16/h6-7,12H,2-5,8-11H2,1H3,(H,15,17)/b7-6+/t12-/m0/s1. The van der Waals surface area contributed by atoms with Crippen molar-refractivity contribution in [2.45, 2.75) is 57.9 Å². The molecule has 0 aromatic carbocycles. The van der Waals surface area contributed by atoms with Crippen LogP contribution in [0.5, 0.6) is 0 Å². The van der Waals surface area contributed by atoms with Crippen LogP contribution in [0.4, 0.5) is 4.79 Å². The van der Waals surface area contributed by atoms with Gasteiger partial charge in [-0.15, -0.1) is 0 Å². The van der Waals surface area contributed by atoms with Crippen LogP contribution in [0.2, 0.25) is 0 Å². The fourth-order valence-electron chi connectivity index (χ4n) is 1.71. The van der Waals surface area contributed by atoms with Crippen LogP contribution in [0.3, 0.4) is 0 Å². The Hall–Kier alpha value is -1.32. The first kappa shape index (κ1) is 14.7. The van der Waals surface area contributed by atoms with E-state index in [1.54, 1.807) is 0 Å². The Labute approximate surface area is 109 Å². The fourth-order valence-corrected chi connectivity index (χ4v) is 1.71. The van der Waals surface area contributed by atoms with E-state index in [0.29, 0.717) is 13.0 Å². The summed E-state index contributed by atoms with van der Waals surface area (Å²) in [5.74, 6) is 0.0998. The number of ether oxygens (including phenoxy) is 1. The molecular formula is C14H23NO3. The summed E-state index contributed by atoms with van der Waals surface area (Å²) in [4.78, 5) is 22.2. The monoisotopic (exact) mass is 253 g/mol. The van der Waals surface area contributed by atoms with Gasteiger partial charge in [-0.2, -0.15) is 0 Å².